The maximum absolute atomic E-state index is 12.9. The van der Waals surface area contributed by atoms with Crippen molar-refractivity contribution in [2.75, 3.05) is 46.5 Å². The molecule has 0 aliphatic carbocycles. The number of amides is 1. The molecule has 1 aromatic rings. The Morgan fingerprint density at radius 2 is 2.13 bits per heavy atom. The average molecular weight is 338 g/mol. The zero-order valence-corrected chi connectivity index (χ0v) is 15.0. The highest BCUT2D eigenvalue weighted by Gasteiger charge is 2.39. The van der Waals surface area contributed by atoms with Gasteiger partial charge in [-0.3, -0.25) is 9.69 Å². The zero-order chi connectivity index (χ0) is 16.4. The summed E-state index contributed by atoms with van der Waals surface area (Å²) in [7, 11) is 1.63. The van der Waals surface area contributed by atoms with Crippen LogP contribution in [0.5, 0.6) is 5.75 Å². The van der Waals surface area contributed by atoms with Gasteiger partial charge in [0.15, 0.2) is 0 Å². The molecule has 3 rings (SSSR count). The average Bonchev–Trinajstić information content (AvgIpc) is 3.18. The van der Waals surface area contributed by atoms with E-state index in [-0.39, 0.29) is 5.91 Å². The predicted octanol–water partition coefficient (Wildman–Crippen LogP) is 2.25. The molecule has 1 aromatic heterocycles. The molecule has 2 aliphatic heterocycles. The minimum absolute atomic E-state index is 0.120. The Balaban J connectivity index is 1.74. The van der Waals surface area contributed by atoms with E-state index in [9.17, 15) is 4.79 Å². The number of morpholine rings is 1. The highest BCUT2D eigenvalue weighted by Crippen LogP contribution is 2.33. The molecule has 0 aromatic carbocycles. The SMILES string of the molecule is CC[C@@H]1CN(C(=O)c2sc(C)cc2OC)C[C@H]1N1CCOCC1. The Morgan fingerprint density at radius 1 is 1.39 bits per heavy atom. The summed E-state index contributed by atoms with van der Waals surface area (Å²) in [6, 6.07) is 2.41. The topological polar surface area (TPSA) is 42.0 Å². The standard InChI is InChI=1S/C17H26N2O3S/c1-4-13-10-19(11-14(13)18-5-7-22-8-6-18)17(20)16-15(21-3)9-12(2)23-16/h9,13-14H,4-8,10-11H2,1-3H3/t13-,14-/m1/s1. The summed E-state index contributed by atoms with van der Waals surface area (Å²) in [6.07, 6.45) is 1.10. The van der Waals surface area contributed by atoms with Crippen LogP contribution in [-0.2, 0) is 4.74 Å². The zero-order valence-electron chi connectivity index (χ0n) is 14.2. The third-order valence-corrected chi connectivity index (χ3v) is 5.99. The lowest BCUT2D eigenvalue weighted by Gasteiger charge is -2.34. The van der Waals surface area contributed by atoms with Crippen LogP contribution in [-0.4, -0.2) is 68.3 Å². The normalized spacial score (nSPS) is 25.8. The molecule has 6 heteroatoms. The first-order valence-corrected chi connectivity index (χ1v) is 9.21. The first-order chi connectivity index (χ1) is 11.1. The van der Waals surface area contributed by atoms with Crippen molar-refractivity contribution in [3.8, 4) is 5.75 Å². The van der Waals surface area contributed by atoms with Gasteiger partial charge in [-0.05, 0) is 18.9 Å². The van der Waals surface area contributed by atoms with Crippen molar-refractivity contribution in [2.45, 2.75) is 26.3 Å². The second-order valence-electron chi connectivity index (χ2n) is 6.35. The van der Waals surface area contributed by atoms with Gasteiger partial charge >= 0.3 is 0 Å². The predicted molar refractivity (Wildman–Crippen MR) is 91.5 cm³/mol. The van der Waals surface area contributed by atoms with Crippen molar-refractivity contribution in [1.29, 1.82) is 0 Å². The molecule has 2 fully saturated rings. The minimum Gasteiger partial charge on any atom is -0.495 e. The molecule has 23 heavy (non-hydrogen) atoms. The number of rotatable bonds is 4. The lowest BCUT2D eigenvalue weighted by atomic mass is 9.99. The second kappa shape index (κ2) is 7.20. The summed E-state index contributed by atoms with van der Waals surface area (Å²) in [4.78, 5) is 19.3. The van der Waals surface area contributed by atoms with Gasteiger partial charge in [-0.15, -0.1) is 11.3 Å². The van der Waals surface area contributed by atoms with Crippen molar-refractivity contribution in [3.05, 3.63) is 15.8 Å². The Bertz CT molecular complexity index is 554. The number of methoxy groups -OCH3 is 1. The third kappa shape index (κ3) is 3.39. The smallest absolute Gasteiger partial charge is 0.267 e. The fourth-order valence-corrected chi connectivity index (χ4v) is 4.63. The number of carbonyl (C=O) groups is 1. The number of carbonyl (C=O) groups excluding carboxylic acids is 1. The molecule has 2 saturated heterocycles. The highest BCUT2D eigenvalue weighted by atomic mass is 32.1. The van der Waals surface area contributed by atoms with Gasteiger partial charge in [0.1, 0.15) is 10.6 Å². The third-order valence-electron chi connectivity index (χ3n) is 4.97. The van der Waals surface area contributed by atoms with Crippen LogP contribution in [0.4, 0.5) is 0 Å². The minimum atomic E-state index is 0.120. The molecule has 0 bridgehead atoms. The Labute approximate surface area is 142 Å². The number of ether oxygens (including phenoxy) is 2. The molecule has 0 N–H and O–H groups in total. The first-order valence-electron chi connectivity index (χ1n) is 8.39. The summed E-state index contributed by atoms with van der Waals surface area (Å²) in [5.74, 6) is 1.37. The van der Waals surface area contributed by atoms with E-state index in [2.05, 4.69) is 11.8 Å². The van der Waals surface area contributed by atoms with Crippen LogP contribution in [0.25, 0.3) is 0 Å². The number of likely N-dealkylation sites (tertiary alicyclic amines) is 1. The molecule has 3 heterocycles. The van der Waals surface area contributed by atoms with Crippen LogP contribution in [0.2, 0.25) is 0 Å². The quantitative estimate of drug-likeness (QED) is 0.844. The van der Waals surface area contributed by atoms with Crippen LogP contribution in [0.3, 0.4) is 0 Å². The largest absolute Gasteiger partial charge is 0.495 e. The maximum Gasteiger partial charge on any atom is 0.267 e. The van der Waals surface area contributed by atoms with Gasteiger partial charge in [-0.25, -0.2) is 0 Å². The molecule has 0 radical (unpaired) electrons. The number of thiophene rings is 1. The van der Waals surface area contributed by atoms with Gasteiger partial charge in [0, 0.05) is 37.1 Å². The Morgan fingerprint density at radius 3 is 2.78 bits per heavy atom. The maximum atomic E-state index is 12.9. The van der Waals surface area contributed by atoms with Gasteiger partial charge in [0.2, 0.25) is 0 Å². The van der Waals surface area contributed by atoms with E-state index in [4.69, 9.17) is 9.47 Å². The fraction of sp³-hybridized carbons (Fsp3) is 0.706. The van der Waals surface area contributed by atoms with Crippen LogP contribution >= 0.6 is 11.3 Å². The molecule has 0 saturated carbocycles. The lowest BCUT2D eigenvalue weighted by molar-refractivity contribution is 0.0103. The lowest BCUT2D eigenvalue weighted by Crippen LogP contribution is -2.47. The monoisotopic (exact) mass is 338 g/mol. The van der Waals surface area contributed by atoms with Gasteiger partial charge in [-0.1, -0.05) is 13.3 Å². The van der Waals surface area contributed by atoms with Gasteiger partial charge in [-0.2, -0.15) is 0 Å². The molecular weight excluding hydrogens is 312 g/mol. The Hall–Kier alpha value is -1.11. The van der Waals surface area contributed by atoms with E-state index >= 15 is 0 Å². The summed E-state index contributed by atoms with van der Waals surface area (Å²) in [5, 5.41) is 0. The van der Waals surface area contributed by atoms with Crippen molar-refractivity contribution in [3.63, 3.8) is 0 Å². The summed E-state index contributed by atoms with van der Waals surface area (Å²) in [5.41, 5.74) is 0. The van der Waals surface area contributed by atoms with Crippen LogP contribution in [0.1, 0.15) is 27.9 Å². The van der Waals surface area contributed by atoms with Gasteiger partial charge in [0.25, 0.3) is 5.91 Å². The molecule has 5 nitrogen and oxygen atoms in total. The van der Waals surface area contributed by atoms with Crippen molar-refractivity contribution in [2.24, 2.45) is 5.92 Å². The van der Waals surface area contributed by atoms with E-state index < -0.39 is 0 Å². The van der Waals surface area contributed by atoms with Crippen LogP contribution in [0.15, 0.2) is 6.07 Å². The molecular formula is C17H26N2O3S. The fourth-order valence-electron chi connectivity index (χ4n) is 3.68. The summed E-state index contributed by atoms with van der Waals surface area (Å²) in [6.45, 7) is 9.46. The van der Waals surface area contributed by atoms with E-state index in [0.717, 1.165) is 55.6 Å². The number of hydrogen-bond acceptors (Lipinski definition) is 5. The van der Waals surface area contributed by atoms with E-state index in [0.29, 0.717) is 17.7 Å². The molecule has 0 unspecified atom stereocenters. The van der Waals surface area contributed by atoms with Crippen molar-refractivity contribution < 1.29 is 14.3 Å². The molecule has 128 valence electrons. The number of hydrogen-bond donors (Lipinski definition) is 0. The van der Waals surface area contributed by atoms with E-state index in [1.54, 1.807) is 7.11 Å². The summed E-state index contributed by atoms with van der Waals surface area (Å²) >= 11 is 1.53. The van der Waals surface area contributed by atoms with Gasteiger partial charge < -0.3 is 14.4 Å². The summed E-state index contributed by atoms with van der Waals surface area (Å²) < 4.78 is 10.8. The molecule has 1 amide bonds. The second-order valence-corrected chi connectivity index (χ2v) is 7.61. The van der Waals surface area contributed by atoms with Gasteiger partial charge in [0.05, 0.1) is 20.3 Å². The van der Waals surface area contributed by atoms with Crippen LogP contribution < -0.4 is 4.74 Å². The number of aryl methyl sites for hydroxylation is 1. The Kier molecular flexibility index (Phi) is 5.24. The van der Waals surface area contributed by atoms with E-state index in [1.807, 2.05) is 17.9 Å². The first kappa shape index (κ1) is 16.7. The van der Waals surface area contributed by atoms with Crippen LogP contribution in [0, 0.1) is 12.8 Å². The number of nitrogens with zero attached hydrogens (tertiary/aromatic N) is 2. The van der Waals surface area contributed by atoms with Crippen molar-refractivity contribution >= 4 is 17.2 Å². The van der Waals surface area contributed by atoms with Crippen molar-refractivity contribution in [1.82, 2.24) is 9.80 Å². The molecule has 0 spiro atoms. The highest BCUT2D eigenvalue weighted by molar-refractivity contribution is 7.14. The van der Waals surface area contributed by atoms with E-state index in [1.165, 1.54) is 11.3 Å². The molecule has 2 atom stereocenters. The molecule has 2 aliphatic rings.